The van der Waals surface area contributed by atoms with Gasteiger partial charge in [0.2, 0.25) is 0 Å². The highest BCUT2D eigenvalue weighted by molar-refractivity contribution is 6.18. The molecule has 0 saturated carbocycles. The Morgan fingerprint density at radius 2 is 1.76 bits per heavy atom. The number of benzene rings is 1. The van der Waals surface area contributed by atoms with E-state index in [1.54, 1.807) is 26.0 Å². The van der Waals surface area contributed by atoms with Crippen LogP contribution >= 0.6 is 11.6 Å². The number of carbonyl (C=O) groups is 1. The summed E-state index contributed by atoms with van der Waals surface area (Å²) in [7, 11) is 0. The minimum atomic E-state index is -1.10. The first-order valence-electron chi connectivity index (χ1n) is 5.15. The molecule has 0 bridgehead atoms. The van der Waals surface area contributed by atoms with Crippen LogP contribution in [0.2, 0.25) is 0 Å². The lowest BCUT2D eigenvalue weighted by Crippen LogP contribution is -2.20. The number of aliphatic hydroxyl groups excluding tert-OH is 2. The molecule has 0 aliphatic heterocycles. The lowest BCUT2D eigenvalue weighted by molar-refractivity contribution is 0.0326. The molecule has 2 atom stereocenters. The Balaban J connectivity index is 3.19. The van der Waals surface area contributed by atoms with Crippen molar-refractivity contribution in [1.29, 1.82) is 0 Å². The molecule has 1 rings (SSSR count). The average Bonchev–Trinajstić information content (AvgIpc) is 2.25. The number of aromatic carboxylic acids is 1. The summed E-state index contributed by atoms with van der Waals surface area (Å²) in [5.41, 5.74) is 1.79. The molecule has 5 heteroatoms. The fourth-order valence-corrected chi connectivity index (χ4v) is 1.98. The van der Waals surface area contributed by atoms with Gasteiger partial charge in [-0.2, -0.15) is 0 Å². The minimum Gasteiger partial charge on any atom is -0.478 e. The standard InChI is InChI=1S/C12H15ClO4/c1-6-3-8(11(15)9(14)5-13)4-7(2)10(6)12(16)17/h3-4,9,11,14-15H,5H2,1-2H3,(H,16,17). The van der Waals surface area contributed by atoms with E-state index in [9.17, 15) is 15.0 Å². The summed E-state index contributed by atoms with van der Waals surface area (Å²) in [5.74, 6) is -1.08. The van der Waals surface area contributed by atoms with Crippen molar-refractivity contribution in [3.8, 4) is 0 Å². The van der Waals surface area contributed by atoms with Gasteiger partial charge >= 0.3 is 5.97 Å². The molecule has 0 heterocycles. The third-order valence-electron chi connectivity index (χ3n) is 2.63. The molecule has 1 aromatic rings. The summed E-state index contributed by atoms with van der Waals surface area (Å²) in [5, 5.41) is 28.2. The normalized spacial score (nSPS) is 14.4. The predicted octanol–water partition coefficient (Wildman–Crippen LogP) is 1.63. The van der Waals surface area contributed by atoms with Crippen molar-refractivity contribution in [2.24, 2.45) is 0 Å². The maximum atomic E-state index is 11.0. The molecule has 0 aliphatic carbocycles. The maximum Gasteiger partial charge on any atom is 0.336 e. The summed E-state index contributed by atoms with van der Waals surface area (Å²) < 4.78 is 0. The topological polar surface area (TPSA) is 77.8 Å². The Labute approximate surface area is 104 Å². The first-order chi connectivity index (χ1) is 7.88. The summed E-state index contributed by atoms with van der Waals surface area (Å²) in [6.07, 6.45) is -2.17. The zero-order valence-corrected chi connectivity index (χ0v) is 10.4. The number of hydrogen-bond donors (Lipinski definition) is 3. The molecule has 0 aliphatic rings. The Morgan fingerprint density at radius 3 is 2.12 bits per heavy atom. The van der Waals surface area contributed by atoms with Gasteiger partial charge in [0.15, 0.2) is 0 Å². The van der Waals surface area contributed by atoms with E-state index in [-0.39, 0.29) is 11.4 Å². The molecule has 0 spiro atoms. The van der Waals surface area contributed by atoms with Crippen molar-refractivity contribution in [2.45, 2.75) is 26.1 Å². The molecule has 94 valence electrons. The molecular formula is C12H15ClO4. The van der Waals surface area contributed by atoms with Crippen molar-refractivity contribution in [1.82, 2.24) is 0 Å². The predicted molar refractivity (Wildman–Crippen MR) is 64.6 cm³/mol. The lowest BCUT2D eigenvalue weighted by atomic mass is 9.95. The van der Waals surface area contributed by atoms with Gasteiger partial charge in [-0.05, 0) is 30.5 Å². The van der Waals surface area contributed by atoms with Gasteiger partial charge in [0.25, 0.3) is 0 Å². The van der Waals surface area contributed by atoms with Crippen LogP contribution in [0.15, 0.2) is 12.1 Å². The fourth-order valence-electron chi connectivity index (χ4n) is 1.81. The fraction of sp³-hybridized carbons (Fsp3) is 0.417. The van der Waals surface area contributed by atoms with E-state index in [0.717, 1.165) is 0 Å². The maximum absolute atomic E-state index is 11.0. The van der Waals surface area contributed by atoms with E-state index in [2.05, 4.69) is 0 Å². The number of halogens is 1. The molecule has 3 N–H and O–H groups in total. The van der Waals surface area contributed by atoms with Crippen LogP contribution in [-0.2, 0) is 0 Å². The zero-order chi connectivity index (χ0) is 13.2. The van der Waals surface area contributed by atoms with Gasteiger partial charge < -0.3 is 15.3 Å². The van der Waals surface area contributed by atoms with Gasteiger partial charge in [-0.25, -0.2) is 4.79 Å². The molecule has 17 heavy (non-hydrogen) atoms. The zero-order valence-electron chi connectivity index (χ0n) is 9.64. The molecule has 4 nitrogen and oxygen atoms in total. The molecule has 0 fully saturated rings. The number of hydrogen-bond acceptors (Lipinski definition) is 3. The average molecular weight is 259 g/mol. The first-order valence-corrected chi connectivity index (χ1v) is 5.68. The van der Waals surface area contributed by atoms with E-state index in [1.807, 2.05) is 0 Å². The second kappa shape index (κ2) is 5.49. The van der Waals surface area contributed by atoms with Crippen LogP contribution in [0.4, 0.5) is 0 Å². The highest BCUT2D eigenvalue weighted by Gasteiger charge is 2.20. The second-order valence-electron chi connectivity index (χ2n) is 4.00. The summed E-state index contributed by atoms with van der Waals surface area (Å²) in [4.78, 5) is 11.0. The SMILES string of the molecule is Cc1cc(C(O)C(O)CCl)cc(C)c1C(=O)O. The van der Waals surface area contributed by atoms with Gasteiger partial charge in [-0.3, -0.25) is 0 Å². The van der Waals surface area contributed by atoms with E-state index < -0.39 is 18.2 Å². The van der Waals surface area contributed by atoms with Crippen LogP contribution < -0.4 is 0 Å². The highest BCUT2D eigenvalue weighted by atomic mass is 35.5. The van der Waals surface area contributed by atoms with Crippen molar-refractivity contribution >= 4 is 17.6 Å². The van der Waals surface area contributed by atoms with E-state index in [4.69, 9.17) is 16.7 Å². The Morgan fingerprint density at radius 1 is 1.29 bits per heavy atom. The van der Waals surface area contributed by atoms with Crippen molar-refractivity contribution in [3.05, 3.63) is 34.4 Å². The van der Waals surface area contributed by atoms with Gasteiger partial charge in [-0.15, -0.1) is 11.6 Å². The van der Waals surface area contributed by atoms with Crippen molar-refractivity contribution in [2.75, 3.05) is 5.88 Å². The lowest BCUT2D eigenvalue weighted by Gasteiger charge is -2.18. The van der Waals surface area contributed by atoms with Gasteiger partial charge in [0.1, 0.15) is 6.10 Å². The number of carboxylic acids is 1. The van der Waals surface area contributed by atoms with E-state index in [0.29, 0.717) is 16.7 Å². The van der Waals surface area contributed by atoms with Crippen LogP contribution in [0.25, 0.3) is 0 Å². The molecule has 0 aromatic heterocycles. The van der Waals surface area contributed by atoms with Crippen molar-refractivity contribution < 1.29 is 20.1 Å². The third-order valence-corrected chi connectivity index (χ3v) is 2.95. The smallest absolute Gasteiger partial charge is 0.336 e. The second-order valence-corrected chi connectivity index (χ2v) is 4.31. The van der Waals surface area contributed by atoms with Crippen LogP contribution in [0, 0.1) is 13.8 Å². The third kappa shape index (κ3) is 2.97. The number of aliphatic hydroxyl groups is 2. The molecule has 0 amide bonds. The van der Waals surface area contributed by atoms with Crippen LogP contribution in [0.3, 0.4) is 0 Å². The number of alkyl halides is 1. The molecule has 0 saturated heterocycles. The summed E-state index contributed by atoms with van der Waals surface area (Å²) in [6.45, 7) is 3.31. The van der Waals surface area contributed by atoms with Gasteiger partial charge in [0.05, 0.1) is 17.5 Å². The van der Waals surface area contributed by atoms with Gasteiger partial charge in [-0.1, -0.05) is 12.1 Å². The molecule has 1 aromatic carbocycles. The molecule has 0 radical (unpaired) electrons. The van der Waals surface area contributed by atoms with Crippen LogP contribution in [0.1, 0.15) is 33.2 Å². The Kier molecular flexibility index (Phi) is 4.51. The number of rotatable bonds is 4. The summed E-state index contributed by atoms with van der Waals surface area (Å²) in [6, 6.07) is 3.10. The number of aryl methyl sites for hydroxylation is 2. The Hall–Kier alpha value is -1.10. The first kappa shape index (κ1) is 14.0. The minimum absolute atomic E-state index is 0.0834. The molecular weight excluding hydrogens is 244 g/mol. The monoisotopic (exact) mass is 258 g/mol. The number of carboxylic acid groups (broad SMARTS) is 1. The quantitative estimate of drug-likeness (QED) is 0.718. The largest absolute Gasteiger partial charge is 0.478 e. The highest BCUT2D eigenvalue weighted by Crippen LogP contribution is 2.24. The van der Waals surface area contributed by atoms with Crippen molar-refractivity contribution in [3.63, 3.8) is 0 Å². The van der Waals surface area contributed by atoms with E-state index >= 15 is 0 Å². The summed E-state index contributed by atoms with van der Waals surface area (Å²) >= 11 is 5.45. The Bertz CT molecular complexity index is 408. The van der Waals surface area contributed by atoms with E-state index in [1.165, 1.54) is 0 Å². The van der Waals surface area contributed by atoms with Gasteiger partial charge in [0, 0.05) is 0 Å². The molecule has 2 unspecified atom stereocenters. The van der Waals surface area contributed by atoms with Crippen LogP contribution in [-0.4, -0.2) is 33.3 Å². The van der Waals surface area contributed by atoms with Crippen LogP contribution in [0.5, 0.6) is 0 Å².